The fraction of sp³-hybridized carbons (Fsp3) is 0.500. The predicted octanol–water partition coefficient (Wildman–Crippen LogP) is 9.19. The Kier molecular flexibility index (Phi) is 7.31. The Hall–Kier alpha value is -1.60. The first-order chi connectivity index (χ1) is 14.6. The molecule has 0 unspecified atom stereocenters. The Bertz CT molecular complexity index is 824. The average Bonchev–Trinajstić information content (AvgIpc) is 2.80. The summed E-state index contributed by atoms with van der Waals surface area (Å²) in [6.07, 6.45) is 15.8. The van der Waals surface area contributed by atoms with E-state index in [1.54, 1.807) is 6.07 Å². The van der Waals surface area contributed by atoms with Crippen LogP contribution in [0, 0.1) is 23.6 Å². The van der Waals surface area contributed by atoms with E-state index < -0.39 is 0 Å². The fourth-order valence-electron chi connectivity index (χ4n) is 5.85. The van der Waals surface area contributed by atoms with E-state index in [1.807, 2.05) is 6.07 Å². The fourth-order valence-corrected chi connectivity index (χ4v) is 5.97. The summed E-state index contributed by atoms with van der Waals surface area (Å²) < 4.78 is 13.8. The van der Waals surface area contributed by atoms with Crippen molar-refractivity contribution in [3.63, 3.8) is 0 Å². The van der Waals surface area contributed by atoms with E-state index in [2.05, 4.69) is 36.9 Å². The van der Waals surface area contributed by atoms with Gasteiger partial charge in [0.2, 0.25) is 0 Å². The van der Waals surface area contributed by atoms with Crippen molar-refractivity contribution in [1.82, 2.24) is 0 Å². The van der Waals surface area contributed by atoms with Gasteiger partial charge in [-0.2, -0.15) is 0 Å². The van der Waals surface area contributed by atoms with Gasteiger partial charge in [-0.3, -0.25) is 0 Å². The molecule has 0 aliphatic heterocycles. The van der Waals surface area contributed by atoms with Crippen LogP contribution in [0.25, 0.3) is 11.1 Å². The molecular weight excluding hydrogens is 391 g/mol. The number of halogens is 2. The lowest BCUT2D eigenvalue weighted by atomic mass is 9.68. The van der Waals surface area contributed by atoms with Crippen LogP contribution in [0.2, 0.25) is 5.02 Å². The van der Waals surface area contributed by atoms with Crippen molar-refractivity contribution in [2.45, 2.75) is 70.1 Å². The summed E-state index contributed by atoms with van der Waals surface area (Å²) in [5, 5.41) is 0.178. The molecular formula is C28H34ClF. The Labute approximate surface area is 186 Å². The van der Waals surface area contributed by atoms with Crippen molar-refractivity contribution >= 4 is 11.6 Å². The van der Waals surface area contributed by atoms with Gasteiger partial charge in [0.1, 0.15) is 5.82 Å². The van der Waals surface area contributed by atoms with Crippen molar-refractivity contribution in [3.05, 3.63) is 71.5 Å². The number of hydrogen-bond donors (Lipinski definition) is 0. The number of benzene rings is 2. The highest BCUT2D eigenvalue weighted by atomic mass is 35.5. The van der Waals surface area contributed by atoms with E-state index in [4.69, 9.17) is 11.6 Å². The van der Waals surface area contributed by atoms with Crippen molar-refractivity contribution in [2.24, 2.45) is 17.8 Å². The summed E-state index contributed by atoms with van der Waals surface area (Å²) in [6.45, 7) is 3.87. The summed E-state index contributed by atoms with van der Waals surface area (Å²) >= 11 is 5.81. The second kappa shape index (κ2) is 10.1. The molecule has 2 saturated carbocycles. The summed E-state index contributed by atoms with van der Waals surface area (Å²) in [6, 6.07) is 13.8. The summed E-state index contributed by atoms with van der Waals surface area (Å²) in [5.74, 6) is 3.18. The van der Waals surface area contributed by atoms with Crippen molar-refractivity contribution < 1.29 is 4.39 Å². The maximum absolute atomic E-state index is 13.8. The van der Waals surface area contributed by atoms with Gasteiger partial charge in [-0.25, -0.2) is 4.39 Å². The van der Waals surface area contributed by atoms with Gasteiger partial charge in [0.05, 0.1) is 5.02 Å². The first kappa shape index (κ1) is 21.6. The van der Waals surface area contributed by atoms with Crippen LogP contribution in [-0.2, 0) is 0 Å². The predicted molar refractivity (Wildman–Crippen MR) is 126 cm³/mol. The molecule has 30 heavy (non-hydrogen) atoms. The number of allylic oxidation sites excluding steroid dienone is 1. The van der Waals surface area contributed by atoms with E-state index in [9.17, 15) is 4.39 Å². The molecule has 0 saturated heterocycles. The molecule has 0 atom stereocenters. The molecule has 4 rings (SSSR count). The third-order valence-electron chi connectivity index (χ3n) is 7.74. The first-order valence-electron chi connectivity index (χ1n) is 11.8. The van der Waals surface area contributed by atoms with Crippen LogP contribution < -0.4 is 0 Å². The van der Waals surface area contributed by atoms with Gasteiger partial charge in [-0.1, -0.05) is 60.9 Å². The lowest BCUT2D eigenvalue weighted by Crippen LogP contribution is -2.25. The summed E-state index contributed by atoms with van der Waals surface area (Å²) in [7, 11) is 0. The van der Waals surface area contributed by atoms with Gasteiger partial charge in [0.15, 0.2) is 0 Å². The van der Waals surface area contributed by atoms with E-state index in [0.717, 1.165) is 28.9 Å². The zero-order valence-corrected chi connectivity index (χ0v) is 18.7. The SMILES string of the molecule is C=CCCC1CCC(C2CCC(c3ccc(-c4ccc(Cl)c(F)c4)cc3)CC2)CC1. The van der Waals surface area contributed by atoms with Gasteiger partial charge in [0.25, 0.3) is 0 Å². The molecule has 160 valence electrons. The average molecular weight is 425 g/mol. The summed E-state index contributed by atoms with van der Waals surface area (Å²) in [4.78, 5) is 0. The third kappa shape index (κ3) is 5.17. The van der Waals surface area contributed by atoms with Crippen molar-refractivity contribution in [2.75, 3.05) is 0 Å². The third-order valence-corrected chi connectivity index (χ3v) is 8.05. The maximum atomic E-state index is 13.8. The minimum atomic E-state index is -0.355. The van der Waals surface area contributed by atoms with E-state index >= 15 is 0 Å². The molecule has 0 amide bonds. The standard InChI is InChI=1S/C28H34ClF/c1-2-3-4-20-5-7-21(8-6-20)22-9-11-23(12-10-22)24-13-15-25(16-14-24)26-17-18-27(29)28(30)19-26/h2,13-23H,1,3-12H2. The van der Waals surface area contributed by atoms with E-state index in [-0.39, 0.29) is 10.8 Å². The van der Waals surface area contributed by atoms with Gasteiger partial charge in [-0.15, -0.1) is 6.58 Å². The number of rotatable bonds is 6. The smallest absolute Gasteiger partial charge is 0.142 e. The Morgan fingerprint density at radius 1 is 0.833 bits per heavy atom. The van der Waals surface area contributed by atoms with Crippen LogP contribution in [0.3, 0.4) is 0 Å². The van der Waals surface area contributed by atoms with Gasteiger partial charge in [0, 0.05) is 0 Å². The molecule has 2 aromatic rings. The Morgan fingerprint density at radius 2 is 1.43 bits per heavy atom. The molecule has 2 aliphatic rings. The molecule has 0 nitrogen and oxygen atoms in total. The van der Waals surface area contributed by atoms with Gasteiger partial charge >= 0.3 is 0 Å². The largest absolute Gasteiger partial charge is 0.205 e. The molecule has 2 fully saturated rings. The van der Waals surface area contributed by atoms with Crippen LogP contribution >= 0.6 is 11.6 Å². The molecule has 0 bridgehead atoms. The molecule has 0 aromatic heterocycles. The van der Waals surface area contributed by atoms with E-state index in [1.165, 1.54) is 75.8 Å². The highest BCUT2D eigenvalue weighted by Crippen LogP contribution is 2.44. The second-order valence-electron chi connectivity index (χ2n) is 9.51. The lowest BCUT2D eigenvalue weighted by Gasteiger charge is -2.38. The zero-order valence-electron chi connectivity index (χ0n) is 18.0. The second-order valence-corrected chi connectivity index (χ2v) is 9.92. The maximum Gasteiger partial charge on any atom is 0.142 e. The molecule has 0 radical (unpaired) electrons. The minimum absolute atomic E-state index is 0.178. The molecule has 0 heterocycles. The highest BCUT2D eigenvalue weighted by Gasteiger charge is 2.31. The molecule has 0 spiro atoms. The Morgan fingerprint density at radius 3 is 2.03 bits per heavy atom. The first-order valence-corrected chi connectivity index (χ1v) is 12.2. The minimum Gasteiger partial charge on any atom is -0.205 e. The quantitative estimate of drug-likeness (QED) is 0.405. The zero-order chi connectivity index (χ0) is 20.9. The van der Waals surface area contributed by atoms with Crippen LogP contribution in [-0.4, -0.2) is 0 Å². The highest BCUT2D eigenvalue weighted by molar-refractivity contribution is 6.30. The Balaban J connectivity index is 1.29. The normalized spacial score (nSPS) is 27.0. The van der Waals surface area contributed by atoms with Crippen molar-refractivity contribution in [3.8, 4) is 11.1 Å². The molecule has 0 N–H and O–H groups in total. The lowest BCUT2D eigenvalue weighted by molar-refractivity contribution is 0.157. The van der Waals surface area contributed by atoms with Gasteiger partial charge in [-0.05, 0) is 104 Å². The molecule has 2 aliphatic carbocycles. The summed E-state index contributed by atoms with van der Waals surface area (Å²) in [5.41, 5.74) is 3.38. The van der Waals surface area contributed by atoms with E-state index in [0.29, 0.717) is 5.92 Å². The van der Waals surface area contributed by atoms with Crippen LogP contribution in [0.4, 0.5) is 4.39 Å². The van der Waals surface area contributed by atoms with Gasteiger partial charge < -0.3 is 0 Å². The van der Waals surface area contributed by atoms with Crippen molar-refractivity contribution in [1.29, 1.82) is 0 Å². The molecule has 2 heteroatoms. The monoisotopic (exact) mass is 424 g/mol. The van der Waals surface area contributed by atoms with Crippen LogP contribution in [0.15, 0.2) is 55.1 Å². The topological polar surface area (TPSA) is 0 Å². The number of hydrogen-bond acceptors (Lipinski definition) is 0. The van der Waals surface area contributed by atoms with Crippen LogP contribution in [0.1, 0.15) is 75.7 Å². The van der Waals surface area contributed by atoms with Crippen LogP contribution in [0.5, 0.6) is 0 Å². The molecule has 2 aromatic carbocycles.